The third kappa shape index (κ3) is 6.21. The first-order valence-corrected chi connectivity index (χ1v) is 15.1. The van der Waals surface area contributed by atoms with Gasteiger partial charge in [0.15, 0.2) is 5.82 Å². The zero-order chi connectivity index (χ0) is 28.4. The molecule has 2 aliphatic rings. The molecule has 40 heavy (non-hydrogen) atoms. The summed E-state index contributed by atoms with van der Waals surface area (Å²) in [5.74, 6) is 0.188. The lowest BCUT2D eigenvalue weighted by Crippen LogP contribution is -2.34. The zero-order valence-corrected chi connectivity index (χ0v) is 24.4. The Hall–Kier alpha value is -3.28. The molecule has 5 rings (SSSR count). The number of ether oxygens (including phenoxy) is 1. The van der Waals surface area contributed by atoms with E-state index in [1.807, 2.05) is 12.1 Å². The molecule has 0 spiro atoms. The number of methoxy groups -OCH3 is 1. The van der Waals surface area contributed by atoms with Crippen molar-refractivity contribution < 1.29 is 22.5 Å². The fourth-order valence-electron chi connectivity index (χ4n) is 5.33. The molecule has 3 aromatic rings. The number of benzene rings is 2. The van der Waals surface area contributed by atoms with E-state index in [0.717, 1.165) is 38.0 Å². The monoisotopic (exact) mass is 567 g/mol. The second-order valence-electron chi connectivity index (χ2n) is 10.8. The van der Waals surface area contributed by atoms with Crippen molar-refractivity contribution in [3.63, 3.8) is 0 Å². The highest BCUT2D eigenvalue weighted by molar-refractivity contribution is 7.89. The van der Waals surface area contributed by atoms with Crippen LogP contribution in [0.2, 0.25) is 0 Å². The normalized spacial score (nSPS) is 16.0. The predicted octanol–water partition coefficient (Wildman–Crippen LogP) is 3.92. The minimum Gasteiger partial charge on any atom is -0.497 e. The van der Waals surface area contributed by atoms with Crippen LogP contribution in [-0.2, 0) is 29.7 Å². The van der Waals surface area contributed by atoms with Gasteiger partial charge in [0.25, 0.3) is 0 Å². The van der Waals surface area contributed by atoms with Crippen LogP contribution in [-0.4, -0.2) is 71.9 Å². The van der Waals surface area contributed by atoms with Crippen LogP contribution in [0.4, 0.5) is 0 Å². The van der Waals surface area contributed by atoms with E-state index >= 15 is 0 Å². The minimum atomic E-state index is -3.84. The molecular formula is C29H37N5O5S. The quantitative estimate of drug-likeness (QED) is 0.343. The molecule has 2 heterocycles. The topological polar surface area (TPSA) is 109 Å². The first kappa shape index (κ1) is 28.3. The smallest absolute Gasteiger partial charge is 0.316 e. The summed E-state index contributed by atoms with van der Waals surface area (Å²) in [4.78, 5) is 21.5. The van der Waals surface area contributed by atoms with Crippen LogP contribution < -0.4 is 4.74 Å². The number of sulfonamides is 1. The first-order chi connectivity index (χ1) is 19.2. The molecule has 1 aliphatic heterocycles. The number of carbonyl (C=O) groups excluding carboxylic acids is 1. The Labute approximate surface area is 236 Å². The van der Waals surface area contributed by atoms with E-state index in [1.54, 1.807) is 40.1 Å². The number of amides is 1. The van der Waals surface area contributed by atoms with Crippen LogP contribution in [0.3, 0.4) is 0 Å². The van der Waals surface area contributed by atoms with Gasteiger partial charge in [-0.25, -0.2) is 8.42 Å². The van der Waals surface area contributed by atoms with Gasteiger partial charge in [-0.2, -0.15) is 9.29 Å². The number of aromatic nitrogens is 2. The van der Waals surface area contributed by atoms with E-state index in [9.17, 15) is 13.2 Å². The molecule has 2 fully saturated rings. The number of hydrogen-bond donors (Lipinski definition) is 0. The van der Waals surface area contributed by atoms with E-state index in [2.05, 4.69) is 27.2 Å². The van der Waals surface area contributed by atoms with Gasteiger partial charge in [-0.1, -0.05) is 29.4 Å². The van der Waals surface area contributed by atoms with Gasteiger partial charge < -0.3 is 14.2 Å². The third-order valence-corrected chi connectivity index (χ3v) is 9.74. The Bertz CT molecular complexity index is 1440. The van der Waals surface area contributed by atoms with Crippen LogP contribution in [0.1, 0.15) is 64.4 Å². The SMILES string of the molecule is COc1cc(C)c(S(=O)(=O)N(Cc2noc(C(=O)N(C)Cc3ccc(CN4CCCC4)cc3)n2)C2CC2)c(C)c1. The molecule has 10 nitrogen and oxygen atoms in total. The van der Waals surface area contributed by atoms with Gasteiger partial charge in [-0.05, 0) is 87.0 Å². The fraction of sp³-hybridized carbons (Fsp3) is 0.483. The van der Waals surface area contributed by atoms with Crippen molar-refractivity contribution >= 4 is 15.9 Å². The number of carbonyl (C=O) groups is 1. The summed E-state index contributed by atoms with van der Waals surface area (Å²) >= 11 is 0. The average molecular weight is 568 g/mol. The Morgan fingerprint density at radius 1 is 1.05 bits per heavy atom. The van der Waals surface area contributed by atoms with Crippen LogP contribution in [0.25, 0.3) is 0 Å². The summed E-state index contributed by atoms with van der Waals surface area (Å²) in [7, 11) is -0.610. The molecule has 0 unspecified atom stereocenters. The van der Waals surface area contributed by atoms with Crippen molar-refractivity contribution in [2.24, 2.45) is 0 Å². The van der Waals surface area contributed by atoms with Gasteiger partial charge in [-0.15, -0.1) is 0 Å². The molecule has 0 radical (unpaired) electrons. The molecule has 0 N–H and O–H groups in total. The highest BCUT2D eigenvalue weighted by Crippen LogP contribution is 2.36. The fourth-order valence-corrected chi connectivity index (χ4v) is 7.38. The van der Waals surface area contributed by atoms with Crippen molar-refractivity contribution in [3.05, 3.63) is 70.4 Å². The predicted molar refractivity (Wildman–Crippen MR) is 149 cm³/mol. The number of hydrogen-bond acceptors (Lipinski definition) is 8. The summed E-state index contributed by atoms with van der Waals surface area (Å²) in [5, 5.41) is 3.95. The summed E-state index contributed by atoms with van der Waals surface area (Å²) in [6.45, 7) is 7.08. The lowest BCUT2D eigenvalue weighted by Gasteiger charge is -2.23. The highest BCUT2D eigenvalue weighted by Gasteiger charge is 2.40. The van der Waals surface area contributed by atoms with Crippen molar-refractivity contribution in [2.75, 3.05) is 27.2 Å². The van der Waals surface area contributed by atoms with Gasteiger partial charge in [-0.3, -0.25) is 9.69 Å². The molecule has 1 aliphatic carbocycles. The maximum atomic E-state index is 13.8. The van der Waals surface area contributed by atoms with Crippen LogP contribution in [0.5, 0.6) is 5.75 Å². The molecule has 214 valence electrons. The van der Waals surface area contributed by atoms with E-state index in [1.165, 1.54) is 27.6 Å². The molecule has 0 bridgehead atoms. The highest BCUT2D eigenvalue weighted by atomic mass is 32.2. The van der Waals surface area contributed by atoms with Crippen LogP contribution in [0.15, 0.2) is 45.8 Å². The maximum Gasteiger partial charge on any atom is 0.316 e. The van der Waals surface area contributed by atoms with Crippen molar-refractivity contribution in [1.29, 1.82) is 0 Å². The average Bonchev–Trinajstić information content (AvgIpc) is 3.41. The summed E-state index contributed by atoms with van der Waals surface area (Å²) in [5.41, 5.74) is 3.47. The van der Waals surface area contributed by atoms with E-state index < -0.39 is 15.9 Å². The summed E-state index contributed by atoms with van der Waals surface area (Å²) in [6, 6.07) is 11.6. The summed E-state index contributed by atoms with van der Waals surface area (Å²) in [6.07, 6.45) is 4.05. The molecular weight excluding hydrogens is 530 g/mol. The number of nitrogens with zero attached hydrogens (tertiary/aromatic N) is 5. The third-order valence-electron chi connectivity index (χ3n) is 7.53. The van der Waals surface area contributed by atoms with Crippen molar-refractivity contribution in [1.82, 2.24) is 24.2 Å². The standard InChI is InChI=1S/C29H37N5O5S/c1-20-15-25(38-4)16-21(2)27(20)40(36,37)34(24-11-12-24)19-26-30-28(39-31-26)29(35)32(3)17-22-7-9-23(10-8-22)18-33-13-5-6-14-33/h7-10,15-16,24H,5-6,11-14,17-19H2,1-4H3. The lowest BCUT2D eigenvalue weighted by atomic mass is 10.1. The Balaban J connectivity index is 1.25. The zero-order valence-electron chi connectivity index (χ0n) is 23.6. The van der Waals surface area contributed by atoms with Gasteiger partial charge in [0.05, 0.1) is 18.6 Å². The number of likely N-dealkylation sites (tertiary alicyclic amines) is 1. The minimum absolute atomic E-state index is 0.0725. The molecule has 1 saturated carbocycles. The Morgan fingerprint density at radius 2 is 1.68 bits per heavy atom. The van der Waals surface area contributed by atoms with Crippen molar-refractivity contribution in [3.8, 4) is 5.75 Å². The molecule has 2 aromatic carbocycles. The maximum absolute atomic E-state index is 13.8. The van der Waals surface area contributed by atoms with Gasteiger partial charge in [0.2, 0.25) is 10.0 Å². The van der Waals surface area contributed by atoms with E-state index in [-0.39, 0.29) is 29.2 Å². The van der Waals surface area contributed by atoms with Gasteiger partial charge in [0.1, 0.15) is 5.75 Å². The van der Waals surface area contributed by atoms with Crippen molar-refractivity contribution in [2.45, 2.75) is 70.1 Å². The Kier molecular flexibility index (Phi) is 8.25. The van der Waals surface area contributed by atoms with E-state index in [4.69, 9.17) is 9.26 Å². The van der Waals surface area contributed by atoms with Gasteiger partial charge in [0, 0.05) is 26.2 Å². The van der Waals surface area contributed by atoms with Gasteiger partial charge >= 0.3 is 11.8 Å². The molecule has 1 aromatic heterocycles. The summed E-state index contributed by atoms with van der Waals surface area (Å²) < 4.78 is 39.5. The number of aryl methyl sites for hydroxylation is 2. The first-order valence-electron chi connectivity index (χ1n) is 13.7. The largest absolute Gasteiger partial charge is 0.497 e. The Morgan fingerprint density at radius 3 is 2.27 bits per heavy atom. The van der Waals surface area contributed by atoms with Crippen LogP contribution in [0, 0.1) is 13.8 Å². The molecule has 1 amide bonds. The number of rotatable bonds is 11. The molecule has 1 saturated heterocycles. The van der Waals surface area contributed by atoms with E-state index in [0.29, 0.717) is 23.4 Å². The van der Waals surface area contributed by atoms with Crippen LogP contribution >= 0.6 is 0 Å². The molecule has 11 heteroatoms. The second-order valence-corrected chi connectivity index (χ2v) is 12.7. The lowest BCUT2D eigenvalue weighted by molar-refractivity contribution is 0.0735. The molecule has 0 atom stereocenters. The second kappa shape index (κ2) is 11.7.